The Bertz CT molecular complexity index is 2210. The molecule has 4 aromatic rings. The Hall–Kier alpha value is -5.74. The Morgan fingerprint density at radius 3 is 1.97 bits per heavy atom. The van der Waals surface area contributed by atoms with Gasteiger partial charge < -0.3 is 48.8 Å². The van der Waals surface area contributed by atoms with E-state index in [0.29, 0.717) is 76.8 Å². The minimum Gasteiger partial charge on any atom is -0.453 e. The van der Waals surface area contributed by atoms with Gasteiger partial charge in [0.15, 0.2) is 0 Å². The van der Waals surface area contributed by atoms with Crippen molar-refractivity contribution in [2.24, 2.45) is 11.8 Å². The number of ether oxygens (including phenoxy) is 4. The third kappa shape index (κ3) is 10.8. The van der Waals surface area contributed by atoms with Crippen LogP contribution in [0.15, 0.2) is 53.3 Å². The lowest BCUT2D eigenvalue weighted by Crippen LogP contribution is -2.55. The molecular formula is C48H63N7O9. The van der Waals surface area contributed by atoms with Crippen molar-refractivity contribution in [2.75, 3.05) is 47.2 Å². The number of nitrogens with one attached hydrogen (secondary N) is 3. The van der Waals surface area contributed by atoms with Gasteiger partial charge in [-0.05, 0) is 104 Å². The third-order valence-electron chi connectivity index (χ3n) is 13.0. The van der Waals surface area contributed by atoms with E-state index < -0.39 is 24.3 Å². The first kappa shape index (κ1) is 46.3. The van der Waals surface area contributed by atoms with Crippen LogP contribution in [0.25, 0.3) is 33.6 Å². The fourth-order valence-electron chi connectivity index (χ4n) is 9.29. The quantitative estimate of drug-likeness (QED) is 0.0985. The number of hydrogen-bond acceptors (Lipinski definition) is 11. The maximum atomic E-state index is 14.2. The Kier molecular flexibility index (Phi) is 15.7. The summed E-state index contributed by atoms with van der Waals surface area (Å²) in [6, 6.07) is 11.1. The van der Waals surface area contributed by atoms with E-state index in [9.17, 15) is 19.2 Å². The van der Waals surface area contributed by atoms with Gasteiger partial charge in [-0.2, -0.15) is 0 Å². The average Bonchev–Trinajstić information content (AvgIpc) is 4.14. The molecule has 2 fully saturated rings. The van der Waals surface area contributed by atoms with E-state index in [0.717, 1.165) is 53.8 Å². The number of methoxy groups -OCH3 is 2. The Labute approximate surface area is 375 Å². The Balaban J connectivity index is 1.05. The molecule has 0 radical (unpaired) electrons. The van der Waals surface area contributed by atoms with Crippen molar-refractivity contribution >= 4 is 24.0 Å². The van der Waals surface area contributed by atoms with E-state index >= 15 is 0 Å². The second kappa shape index (κ2) is 21.8. The number of alkyl carbamates (subject to hydrolysis) is 2. The molecule has 2 unspecified atom stereocenters. The highest BCUT2D eigenvalue weighted by Crippen LogP contribution is 2.39. The van der Waals surface area contributed by atoms with Gasteiger partial charge in [0.1, 0.15) is 29.9 Å². The molecule has 16 heteroatoms. The molecule has 1 aliphatic carbocycles. The first-order valence-electron chi connectivity index (χ1n) is 22.8. The molecule has 2 aromatic heterocycles. The Morgan fingerprint density at radius 2 is 1.38 bits per heavy atom. The maximum Gasteiger partial charge on any atom is 0.407 e. The van der Waals surface area contributed by atoms with Gasteiger partial charge in [0, 0.05) is 44.6 Å². The molecule has 3 atom stereocenters. The number of rotatable bonds is 17. The van der Waals surface area contributed by atoms with Crippen LogP contribution in [0.4, 0.5) is 9.59 Å². The number of benzene rings is 2. The predicted molar refractivity (Wildman–Crippen MR) is 239 cm³/mol. The van der Waals surface area contributed by atoms with E-state index in [2.05, 4.69) is 57.0 Å². The largest absolute Gasteiger partial charge is 0.453 e. The van der Waals surface area contributed by atoms with Gasteiger partial charge in [0.05, 0.1) is 39.2 Å². The van der Waals surface area contributed by atoms with Crippen LogP contribution in [0.1, 0.15) is 88.6 Å². The second-order valence-electron chi connectivity index (χ2n) is 17.0. The molecule has 3 N–H and O–H groups in total. The van der Waals surface area contributed by atoms with Crippen molar-refractivity contribution in [3.63, 3.8) is 0 Å². The van der Waals surface area contributed by atoms with Crippen LogP contribution in [0.5, 0.6) is 0 Å². The SMILES string of the molecule is CCCN(Cc1ncc(-c2ccc(-c3ccc(-c4coc(CN(C(=O)C(NC(=O)OC)C5CCOCC5)[C@@H](C)CC)n4)c4c3CCC4)cc2)[nH]1)C(=O)C(NC(=O)OC)C1CCOCC1. The number of hydrogen-bond donors (Lipinski definition) is 3. The molecule has 2 aliphatic heterocycles. The fraction of sp³-hybridized carbons (Fsp3) is 0.542. The number of amides is 4. The van der Waals surface area contributed by atoms with E-state index in [-0.39, 0.29) is 42.8 Å². The Morgan fingerprint density at radius 1 is 0.797 bits per heavy atom. The highest BCUT2D eigenvalue weighted by molar-refractivity contribution is 5.87. The number of aromatic nitrogens is 3. The van der Waals surface area contributed by atoms with Crippen molar-refractivity contribution in [1.29, 1.82) is 0 Å². The molecule has 4 heterocycles. The molecule has 2 saturated heterocycles. The summed E-state index contributed by atoms with van der Waals surface area (Å²) in [7, 11) is 2.60. The van der Waals surface area contributed by atoms with E-state index in [1.807, 2.05) is 20.8 Å². The summed E-state index contributed by atoms with van der Waals surface area (Å²) in [5.74, 6) is 0.618. The van der Waals surface area contributed by atoms with Crippen LogP contribution in [0.3, 0.4) is 0 Å². The topological polar surface area (TPSA) is 190 Å². The number of nitrogens with zero attached hydrogens (tertiary/aromatic N) is 4. The van der Waals surface area contributed by atoms with Gasteiger partial charge in [-0.1, -0.05) is 50.2 Å². The van der Waals surface area contributed by atoms with Gasteiger partial charge in [-0.3, -0.25) is 9.59 Å². The minimum atomic E-state index is -0.750. The lowest BCUT2D eigenvalue weighted by Gasteiger charge is -2.35. The van der Waals surface area contributed by atoms with E-state index in [1.54, 1.807) is 22.3 Å². The smallest absolute Gasteiger partial charge is 0.407 e. The number of H-pyrrole nitrogens is 1. The monoisotopic (exact) mass is 881 g/mol. The molecule has 344 valence electrons. The fourth-order valence-corrected chi connectivity index (χ4v) is 9.29. The first-order valence-corrected chi connectivity index (χ1v) is 22.8. The molecule has 0 spiro atoms. The summed E-state index contributed by atoms with van der Waals surface area (Å²) in [5.41, 5.74) is 8.40. The van der Waals surface area contributed by atoms with Crippen molar-refractivity contribution in [2.45, 2.75) is 110 Å². The maximum absolute atomic E-state index is 14.2. The van der Waals surface area contributed by atoms with Crippen molar-refractivity contribution in [3.05, 3.63) is 71.7 Å². The van der Waals surface area contributed by atoms with Crippen LogP contribution in [0, 0.1) is 11.8 Å². The van der Waals surface area contributed by atoms with Crippen molar-refractivity contribution < 1.29 is 42.5 Å². The highest BCUT2D eigenvalue weighted by Gasteiger charge is 2.37. The van der Waals surface area contributed by atoms with Gasteiger partial charge in [-0.15, -0.1) is 0 Å². The number of fused-ring (bicyclic) bond motifs is 1. The van der Waals surface area contributed by atoms with Crippen LogP contribution >= 0.6 is 0 Å². The summed E-state index contributed by atoms with van der Waals surface area (Å²) in [4.78, 5) is 69.3. The number of imidazole rings is 1. The number of oxazole rings is 1. The highest BCUT2D eigenvalue weighted by atomic mass is 16.5. The van der Waals surface area contributed by atoms with Gasteiger partial charge in [-0.25, -0.2) is 19.6 Å². The zero-order valence-electron chi connectivity index (χ0n) is 37.8. The zero-order chi connectivity index (χ0) is 45.2. The van der Waals surface area contributed by atoms with Crippen molar-refractivity contribution in [3.8, 4) is 33.6 Å². The lowest BCUT2D eigenvalue weighted by atomic mass is 9.90. The summed E-state index contributed by atoms with van der Waals surface area (Å²) < 4.78 is 26.9. The van der Waals surface area contributed by atoms with Gasteiger partial charge >= 0.3 is 12.2 Å². The molecule has 64 heavy (non-hydrogen) atoms. The molecule has 2 aromatic carbocycles. The number of aromatic amines is 1. The summed E-state index contributed by atoms with van der Waals surface area (Å²) in [6.07, 6.45) is 9.26. The molecule has 16 nitrogen and oxygen atoms in total. The number of carbonyl (C=O) groups is 4. The molecule has 4 amide bonds. The van der Waals surface area contributed by atoms with E-state index in [1.165, 1.54) is 30.9 Å². The summed E-state index contributed by atoms with van der Waals surface area (Å²) in [6.45, 7) is 9.17. The standard InChI is InChI=1S/C48H63N7O9/c1-6-21-54(45(56)43(52-47(58)60-4)33-17-22-62-23-18-33)27-41-49-26-39(50-41)32-13-11-31(12-14-32)35-15-16-38(37-10-8-9-36(35)37)40-29-64-42(51-40)28-55(30(3)7-2)46(57)44(53-48(59)61-5)34-19-24-63-25-20-34/h11-16,26,29-30,33-34,43-44H,6-10,17-25,27-28H2,1-5H3,(H,49,50)(H,52,58)(H,53,59)/t30-,43?,44?/m0/s1. The first-order chi connectivity index (χ1) is 31.1. The van der Waals surface area contributed by atoms with Gasteiger partial charge in [0.2, 0.25) is 17.7 Å². The zero-order valence-corrected chi connectivity index (χ0v) is 37.8. The molecular weight excluding hydrogens is 819 g/mol. The average molecular weight is 882 g/mol. The predicted octanol–water partition coefficient (Wildman–Crippen LogP) is 7.06. The molecule has 7 rings (SSSR count). The third-order valence-corrected chi connectivity index (χ3v) is 13.0. The normalized spacial score (nSPS) is 16.9. The molecule has 0 bridgehead atoms. The summed E-state index contributed by atoms with van der Waals surface area (Å²) >= 11 is 0. The van der Waals surface area contributed by atoms with Crippen LogP contribution in [-0.4, -0.2) is 114 Å². The van der Waals surface area contributed by atoms with Gasteiger partial charge in [0.25, 0.3) is 0 Å². The molecule has 3 aliphatic rings. The minimum absolute atomic E-state index is 0.0480. The van der Waals surface area contributed by atoms with E-state index in [4.69, 9.17) is 28.3 Å². The lowest BCUT2D eigenvalue weighted by molar-refractivity contribution is -0.139. The van der Waals surface area contributed by atoms with Crippen LogP contribution < -0.4 is 10.6 Å². The number of carbonyl (C=O) groups excluding carboxylic acids is 4. The molecule has 0 saturated carbocycles. The van der Waals surface area contributed by atoms with Crippen LogP contribution in [-0.2, 0) is 54.5 Å². The van der Waals surface area contributed by atoms with Crippen molar-refractivity contribution in [1.82, 2.24) is 35.4 Å². The second-order valence-corrected chi connectivity index (χ2v) is 17.0. The van der Waals surface area contributed by atoms with Crippen LogP contribution in [0.2, 0.25) is 0 Å². The summed E-state index contributed by atoms with van der Waals surface area (Å²) in [5, 5.41) is 5.61.